The fourth-order valence-corrected chi connectivity index (χ4v) is 2.28. The van der Waals surface area contributed by atoms with E-state index in [1.165, 1.54) is 0 Å². The van der Waals surface area contributed by atoms with E-state index >= 15 is 0 Å². The molecule has 0 spiro atoms. The van der Waals surface area contributed by atoms with Gasteiger partial charge < -0.3 is 14.6 Å². The van der Waals surface area contributed by atoms with Gasteiger partial charge in [0.1, 0.15) is 0 Å². The Labute approximate surface area is 150 Å². The Morgan fingerprint density at radius 1 is 1.31 bits per heavy atom. The highest BCUT2D eigenvalue weighted by atomic mass is 19.3. The Morgan fingerprint density at radius 3 is 2.54 bits per heavy atom. The SMILES string of the molecule is C=C(C)NC(=O)N(CCCC)Cc1ccc(-c2nnc(C(F)F)o2)cc1. The van der Waals surface area contributed by atoms with Crippen molar-refractivity contribution in [2.24, 2.45) is 0 Å². The summed E-state index contributed by atoms with van der Waals surface area (Å²) >= 11 is 0. The molecule has 6 nitrogen and oxygen atoms in total. The van der Waals surface area contributed by atoms with E-state index in [4.69, 9.17) is 4.42 Å². The van der Waals surface area contributed by atoms with E-state index in [0.717, 1.165) is 18.4 Å². The van der Waals surface area contributed by atoms with Crippen molar-refractivity contribution in [2.45, 2.75) is 39.7 Å². The van der Waals surface area contributed by atoms with Gasteiger partial charge in [0.15, 0.2) is 0 Å². The minimum atomic E-state index is -2.80. The van der Waals surface area contributed by atoms with Crippen molar-refractivity contribution in [2.75, 3.05) is 6.54 Å². The van der Waals surface area contributed by atoms with Crippen LogP contribution in [0, 0.1) is 0 Å². The number of amides is 2. The molecule has 0 aliphatic rings. The number of hydrogen-bond donors (Lipinski definition) is 1. The van der Waals surface area contributed by atoms with E-state index in [1.54, 1.807) is 36.1 Å². The van der Waals surface area contributed by atoms with Gasteiger partial charge in [0, 0.05) is 24.4 Å². The van der Waals surface area contributed by atoms with E-state index in [9.17, 15) is 13.6 Å². The van der Waals surface area contributed by atoms with Crippen LogP contribution in [0.15, 0.2) is 41.0 Å². The van der Waals surface area contributed by atoms with Gasteiger partial charge in [-0.15, -0.1) is 10.2 Å². The number of alkyl halides is 2. The molecule has 0 aliphatic heterocycles. The second-order valence-corrected chi connectivity index (χ2v) is 5.93. The number of carbonyl (C=O) groups is 1. The molecule has 1 aromatic heterocycles. The largest absolute Gasteiger partial charge is 0.415 e. The van der Waals surface area contributed by atoms with Crippen LogP contribution in [-0.2, 0) is 6.54 Å². The average molecular weight is 364 g/mol. The van der Waals surface area contributed by atoms with Gasteiger partial charge in [0.25, 0.3) is 5.89 Å². The number of halogens is 2. The normalized spacial score (nSPS) is 10.8. The molecule has 140 valence electrons. The van der Waals surface area contributed by atoms with Gasteiger partial charge in [0.05, 0.1) is 0 Å². The molecule has 1 N–H and O–H groups in total. The number of urea groups is 1. The molecule has 0 radical (unpaired) electrons. The molecular weight excluding hydrogens is 342 g/mol. The van der Waals surface area contributed by atoms with Crippen molar-refractivity contribution in [1.82, 2.24) is 20.4 Å². The van der Waals surface area contributed by atoms with Crippen molar-refractivity contribution >= 4 is 6.03 Å². The third-order valence-corrected chi connectivity index (χ3v) is 3.59. The maximum absolute atomic E-state index is 12.5. The highest BCUT2D eigenvalue weighted by molar-refractivity contribution is 5.75. The molecule has 0 atom stereocenters. The minimum Gasteiger partial charge on any atom is -0.415 e. The van der Waals surface area contributed by atoms with Crippen LogP contribution < -0.4 is 5.32 Å². The first kappa shape index (κ1) is 19.6. The zero-order chi connectivity index (χ0) is 19.1. The Balaban J connectivity index is 2.09. The standard InChI is InChI=1S/C18H22F2N4O2/c1-4-5-10-24(18(25)21-12(2)3)11-13-6-8-14(9-7-13)16-22-23-17(26-16)15(19)20/h6-9,15H,2,4-5,10-11H2,1,3H3,(H,21,25). The van der Waals surface area contributed by atoms with Gasteiger partial charge in [-0.1, -0.05) is 32.1 Å². The summed E-state index contributed by atoms with van der Waals surface area (Å²) < 4.78 is 30.0. The molecule has 26 heavy (non-hydrogen) atoms. The zero-order valence-corrected chi connectivity index (χ0v) is 14.8. The van der Waals surface area contributed by atoms with Crippen molar-refractivity contribution in [3.63, 3.8) is 0 Å². The summed E-state index contributed by atoms with van der Waals surface area (Å²) in [7, 11) is 0. The number of allylic oxidation sites excluding steroid dienone is 1. The van der Waals surface area contributed by atoms with Gasteiger partial charge >= 0.3 is 12.5 Å². The molecule has 2 amide bonds. The summed E-state index contributed by atoms with van der Waals surface area (Å²) in [6.45, 7) is 8.52. The number of unbranched alkanes of at least 4 members (excludes halogenated alkanes) is 1. The van der Waals surface area contributed by atoms with Gasteiger partial charge in [-0.3, -0.25) is 0 Å². The average Bonchev–Trinajstić information content (AvgIpc) is 3.09. The Bertz CT molecular complexity index is 744. The maximum atomic E-state index is 12.5. The number of aromatic nitrogens is 2. The first-order valence-corrected chi connectivity index (χ1v) is 8.33. The molecule has 0 unspecified atom stereocenters. The smallest absolute Gasteiger partial charge is 0.321 e. The van der Waals surface area contributed by atoms with E-state index in [-0.39, 0.29) is 11.9 Å². The van der Waals surface area contributed by atoms with Crippen LogP contribution in [0.2, 0.25) is 0 Å². The lowest BCUT2D eigenvalue weighted by molar-refractivity contribution is 0.116. The lowest BCUT2D eigenvalue weighted by Crippen LogP contribution is -2.39. The summed E-state index contributed by atoms with van der Waals surface area (Å²) in [4.78, 5) is 14.0. The van der Waals surface area contributed by atoms with Gasteiger partial charge in [-0.25, -0.2) is 4.79 Å². The molecule has 1 heterocycles. The first-order valence-electron chi connectivity index (χ1n) is 8.33. The number of hydrogen-bond acceptors (Lipinski definition) is 4. The van der Waals surface area contributed by atoms with Gasteiger partial charge in [-0.2, -0.15) is 8.78 Å². The van der Waals surface area contributed by atoms with Crippen LogP contribution in [0.25, 0.3) is 11.5 Å². The van der Waals surface area contributed by atoms with E-state index < -0.39 is 12.3 Å². The van der Waals surface area contributed by atoms with Gasteiger partial charge in [-0.05, 0) is 31.0 Å². The number of benzene rings is 1. The Morgan fingerprint density at radius 2 is 2.00 bits per heavy atom. The molecule has 0 bridgehead atoms. The number of carbonyl (C=O) groups excluding carboxylic acids is 1. The van der Waals surface area contributed by atoms with Crippen LogP contribution >= 0.6 is 0 Å². The maximum Gasteiger partial charge on any atom is 0.321 e. The fraction of sp³-hybridized carbons (Fsp3) is 0.389. The summed E-state index contributed by atoms with van der Waals surface area (Å²) in [5.74, 6) is -0.666. The number of nitrogens with zero attached hydrogens (tertiary/aromatic N) is 3. The number of rotatable bonds is 8. The second-order valence-electron chi connectivity index (χ2n) is 5.93. The third-order valence-electron chi connectivity index (χ3n) is 3.59. The van der Waals surface area contributed by atoms with Gasteiger partial charge in [0.2, 0.25) is 5.89 Å². The van der Waals surface area contributed by atoms with Crippen molar-refractivity contribution < 1.29 is 18.0 Å². The van der Waals surface area contributed by atoms with Crippen LogP contribution in [-0.4, -0.2) is 27.7 Å². The molecule has 0 saturated carbocycles. The van der Waals surface area contributed by atoms with Crippen LogP contribution in [0.4, 0.5) is 13.6 Å². The predicted molar refractivity (Wildman–Crippen MR) is 93.4 cm³/mol. The fourth-order valence-electron chi connectivity index (χ4n) is 2.28. The van der Waals surface area contributed by atoms with Crippen LogP contribution in [0.1, 0.15) is 44.6 Å². The monoisotopic (exact) mass is 364 g/mol. The highest BCUT2D eigenvalue weighted by Gasteiger charge is 2.17. The first-order chi connectivity index (χ1) is 12.4. The quantitative estimate of drug-likeness (QED) is 0.748. The minimum absolute atomic E-state index is 0.0368. The third kappa shape index (κ3) is 5.37. The second kappa shape index (κ2) is 9.07. The molecule has 0 aliphatic carbocycles. The van der Waals surface area contributed by atoms with Crippen molar-refractivity contribution in [1.29, 1.82) is 0 Å². The van der Waals surface area contributed by atoms with Crippen LogP contribution in [0.3, 0.4) is 0 Å². The van der Waals surface area contributed by atoms with Crippen molar-refractivity contribution in [3.8, 4) is 11.5 Å². The topological polar surface area (TPSA) is 71.3 Å². The zero-order valence-electron chi connectivity index (χ0n) is 14.8. The molecule has 1 aromatic carbocycles. The Hall–Kier alpha value is -2.77. The van der Waals surface area contributed by atoms with E-state index in [2.05, 4.69) is 29.0 Å². The summed E-state index contributed by atoms with van der Waals surface area (Å²) in [6, 6.07) is 6.80. The van der Waals surface area contributed by atoms with E-state index in [1.807, 2.05) is 0 Å². The molecule has 0 fully saturated rings. The summed E-state index contributed by atoms with van der Waals surface area (Å²) in [6.07, 6.45) is -0.936. The van der Waals surface area contributed by atoms with Crippen LogP contribution in [0.5, 0.6) is 0 Å². The number of nitrogens with one attached hydrogen (secondary N) is 1. The summed E-state index contributed by atoms with van der Waals surface area (Å²) in [5.41, 5.74) is 2.02. The highest BCUT2D eigenvalue weighted by Crippen LogP contribution is 2.23. The lowest BCUT2D eigenvalue weighted by atomic mass is 10.1. The lowest BCUT2D eigenvalue weighted by Gasteiger charge is -2.23. The van der Waals surface area contributed by atoms with E-state index in [0.29, 0.717) is 24.4 Å². The molecule has 2 rings (SSSR count). The summed E-state index contributed by atoms with van der Waals surface area (Å²) in [5, 5.41) is 9.64. The Kier molecular flexibility index (Phi) is 6.82. The molecule has 2 aromatic rings. The molecule has 8 heteroatoms. The van der Waals surface area contributed by atoms with Crippen molar-refractivity contribution in [3.05, 3.63) is 48.0 Å². The molecule has 0 saturated heterocycles. The predicted octanol–water partition coefficient (Wildman–Crippen LogP) is 4.52. The molecular formula is C18H22F2N4O2.